The molecule has 4 heteroatoms. The number of aliphatic hydroxyl groups excluding tert-OH is 1. The van der Waals surface area contributed by atoms with Crippen molar-refractivity contribution in [2.45, 2.75) is 46.9 Å². The van der Waals surface area contributed by atoms with Gasteiger partial charge in [-0.05, 0) is 64.0 Å². The molecule has 0 aromatic heterocycles. The van der Waals surface area contributed by atoms with Gasteiger partial charge in [-0.1, -0.05) is 34.9 Å². The van der Waals surface area contributed by atoms with E-state index in [1.807, 2.05) is 35.4 Å². The molecule has 1 aliphatic heterocycles. The fourth-order valence-electron chi connectivity index (χ4n) is 2.98. The van der Waals surface area contributed by atoms with Crippen LogP contribution in [0, 0.1) is 0 Å². The van der Waals surface area contributed by atoms with Gasteiger partial charge in [-0.2, -0.15) is 0 Å². The van der Waals surface area contributed by atoms with Gasteiger partial charge in [-0.25, -0.2) is 0 Å². The van der Waals surface area contributed by atoms with Gasteiger partial charge in [-0.15, -0.1) is 12.4 Å². The third-order valence-corrected chi connectivity index (χ3v) is 4.35. The second-order valence-electron chi connectivity index (χ2n) is 6.19. The Morgan fingerprint density at radius 1 is 1.09 bits per heavy atom. The fourth-order valence-corrected chi connectivity index (χ4v) is 3.10. The molecule has 126 valence electrons. The normalized spacial score (nSPS) is 18.6. The molecule has 2 rings (SSSR count). The van der Waals surface area contributed by atoms with Gasteiger partial charge in [0, 0.05) is 16.8 Å². The number of rotatable bonds is 2. The van der Waals surface area contributed by atoms with Crippen LogP contribution in [0.3, 0.4) is 0 Å². The van der Waals surface area contributed by atoms with E-state index in [1.165, 1.54) is 22.3 Å². The number of hydrogen-bond donors (Lipinski definition) is 1. The molecule has 2 unspecified atom stereocenters. The summed E-state index contributed by atoms with van der Waals surface area (Å²) in [6, 6.07) is 7.47. The first kappa shape index (κ1) is 19.8. The third-order valence-electron chi connectivity index (χ3n) is 4.10. The first-order chi connectivity index (χ1) is 10.3. The number of nitrogens with zero attached hydrogens (tertiary/aromatic N) is 1. The highest BCUT2D eigenvalue weighted by Gasteiger charge is 2.28. The van der Waals surface area contributed by atoms with Crippen molar-refractivity contribution in [1.29, 1.82) is 0 Å². The number of allylic oxidation sites excluding steroid dienone is 3. The average molecular weight is 354 g/mol. The van der Waals surface area contributed by atoms with Crippen LogP contribution in [0.1, 0.15) is 46.4 Å². The van der Waals surface area contributed by atoms with E-state index in [0.717, 1.165) is 5.56 Å². The number of aliphatic hydroxyl groups is 1. The standard InChI is InChI=1S/C19H24ClNO.ClH/c1-12(2)17-10-11-21(14(5)18(17)13(3)4)19(22)15-6-8-16(20)9-7-15;/h6-11,14,19,22H,1-5H3;1H. The molecule has 0 fully saturated rings. The summed E-state index contributed by atoms with van der Waals surface area (Å²) >= 11 is 5.93. The highest BCUT2D eigenvalue weighted by molar-refractivity contribution is 6.30. The molecular formula is C19H25Cl2NO. The van der Waals surface area contributed by atoms with Gasteiger partial charge in [0.1, 0.15) is 0 Å². The monoisotopic (exact) mass is 353 g/mol. The minimum absolute atomic E-state index is 0. The molecule has 0 aliphatic carbocycles. The lowest BCUT2D eigenvalue weighted by atomic mass is 9.88. The predicted octanol–water partition coefficient (Wildman–Crippen LogP) is 5.64. The Kier molecular flexibility index (Phi) is 6.94. The number of benzene rings is 1. The van der Waals surface area contributed by atoms with E-state index in [2.05, 4.69) is 40.7 Å². The minimum Gasteiger partial charge on any atom is -0.369 e. The quantitative estimate of drug-likeness (QED) is 0.743. The zero-order valence-corrected chi connectivity index (χ0v) is 15.9. The predicted molar refractivity (Wildman–Crippen MR) is 101 cm³/mol. The van der Waals surface area contributed by atoms with Crippen molar-refractivity contribution in [2.75, 3.05) is 0 Å². The first-order valence-corrected chi connectivity index (χ1v) is 7.95. The van der Waals surface area contributed by atoms with Crippen LogP contribution >= 0.6 is 24.0 Å². The molecule has 2 atom stereocenters. The molecule has 1 aromatic carbocycles. The average Bonchev–Trinajstić information content (AvgIpc) is 2.46. The lowest BCUT2D eigenvalue weighted by molar-refractivity contribution is 0.0201. The van der Waals surface area contributed by atoms with Crippen LogP contribution in [0.15, 0.2) is 58.8 Å². The van der Waals surface area contributed by atoms with E-state index in [9.17, 15) is 5.11 Å². The SMILES string of the molecule is CC(C)=C1C=CN(C(O)c2ccc(Cl)cc2)C(C)C1=C(C)C.Cl. The Balaban J connectivity index is 0.00000264. The van der Waals surface area contributed by atoms with Crippen LogP contribution in [-0.4, -0.2) is 16.0 Å². The minimum atomic E-state index is -0.684. The molecule has 23 heavy (non-hydrogen) atoms. The van der Waals surface area contributed by atoms with Crippen molar-refractivity contribution in [3.8, 4) is 0 Å². The summed E-state index contributed by atoms with van der Waals surface area (Å²) in [6.45, 7) is 10.6. The second-order valence-corrected chi connectivity index (χ2v) is 6.63. The van der Waals surface area contributed by atoms with Gasteiger partial charge in [0.25, 0.3) is 0 Å². The molecule has 0 saturated carbocycles. The molecule has 1 aliphatic rings. The Morgan fingerprint density at radius 3 is 2.13 bits per heavy atom. The molecule has 0 saturated heterocycles. The van der Waals surface area contributed by atoms with Crippen LogP contribution in [-0.2, 0) is 0 Å². The molecule has 1 aromatic rings. The van der Waals surface area contributed by atoms with Gasteiger partial charge < -0.3 is 10.0 Å². The Bertz CT molecular complexity index is 636. The first-order valence-electron chi connectivity index (χ1n) is 7.57. The van der Waals surface area contributed by atoms with Crippen LogP contribution in [0.5, 0.6) is 0 Å². The van der Waals surface area contributed by atoms with E-state index in [-0.39, 0.29) is 18.4 Å². The van der Waals surface area contributed by atoms with Gasteiger partial charge in [0.2, 0.25) is 0 Å². The zero-order chi connectivity index (χ0) is 16.4. The van der Waals surface area contributed by atoms with Crippen molar-refractivity contribution in [3.63, 3.8) is 0 Å². The van der Waals surface area contributed by atoms with Crippen LogP contribution in [0.25, 0.3) is 0 Å². The van der Waals surface area contributed by atoms with E-state index in [0.29, 0.717) is 5.02 Å². The zero-order valence-electron chi connectivity index (χ0n) is 14.3. The summed E-state index contributed by atoms with van der Waals surface area (Å²) in [7, 11) is 0. The van der Waals surface area contributed by atoms with Crippen molar-refractivity contribution in [1.82, 2.24) is 4.90 Å². The maximum Gasteiger partial charge on any atom is 0.153 e. The Labute approximate surface area is 150 Å². The van der Waals surface area contributed by atoms with Crippen molar-refractivity contribution in [3.05, 3.63) is 69.4 Å². The lowest BCUT2D eigenvalue weighted by Gasteiger charge is -2.38. The fraction of sp³-hybridized carbons (Fsp3) is 0.368. The molecule has 0 radical (unpaired) electrons. The largest absolute Gasteiger partial charge is 0.369 e. The van der Waals surface area contributed by atoms with Gasteiger partial charge >= 0.3 is 0 Å². The third kappa shape index (κ3) is 4.20. The smallest absolute Gasteiger partial charge is 0.153 e. The maximum absolute atomic E-state index is 10.7. The van der Waals surface area contributed by atoms with Crippen LogP contribution in [0.4, 0.5) is 0 Å². The molecule has 1 N–H and O–H groups in total. The summed E-state index contributed by atoms with van der Waals surface area (Å²) in [5.41, 5.74) is 5.97. The van der Waals surface area contributed by atoms with E-state index in [1.54, 1.807) is 0 Å². The molecule has 0 spiro atoms. The number of hydrogen-bond acceptors (Lipinski definition) is 2. The van der Waals surface area contributed by atoms with E-state index >= 15 is 0 Å². The lowest BCUT2D eigenvalue weighted by Crippen LogP contribution is -2.36. The summed E-state index contributed by atoms with van der Waals surface area (Å²) < 4.78 is 0. The van der Waals surface area contributed by atoms with Gasteiger partial charge in [-0.3, -0.25) is 0 Å². The van der Waals surface area contributed by atoms with Crippen molar-refractivity contribution in [2.24, 2.45) is 0 Å². The highest BCUT2D eigenvalue weighted by atomic mass is 35.5. The summed E-state index contributed by atoms with van der Waals surface area (Å²) in [6.07, 6.45) is 3.40. The van der Waals surface area contributed by atoms with Crippen molar-refractivity contribution < 1.29 is 5.11 Å². The maximum atomic E-state index is 10.7. The number of halogens is 2. The summed E-state index contributed by atoms with van der Waals surface area (Å²) in [5.74, 6) is 0. The Hall–Kier alpha value is -1.22. The van der Waals surface area contributed by atoms with E-state index < -0.39 is 6.23 Å². The molecular weight excluding hydrogens is 329 g/mol. The Morgan fingerprint density at radius 2 is 1.65 bits per heavy atom. The molecule has 2 nitrogen and oxygen atoms in total. The second kappa shape index (κ2) is 8.05. The van der Waals surface area contributed by atoms with Crippen LogP contribution in [0.2, 0.25) is 5.02 Å². The van der Waals surface area contributed by atoms with E-state index in [4.69, 9.17) is 11.6 Å². The molecule has 0 amide bonds. The van der Waals surface area contributed by atoms with Crippen molar-refractivity contribution >= 4 is 24.0 Å². The molecule has 0 bridgehead atoms. The molecule has 1 heterocycles. The highest BCUT2D eigenvalue weighted by Crippen LogP contribution is 2.34. The van der Waals surface area contributed by atoms with Crippen LogP contribution < -0.4 is 0 Å². The topological polar surface area (TPSA) is 23.5 Å². The summed E-state index contributed by atoms with van der Waals surface area (Å²) in [5, 5.41) is 11.4. The van der Waals surface area contributed by atoms with Gasteiger partial charge in [0.05, 0.1) is 6.04 Å². The van der Waals surface area contributed by atoms with Gasteiger partial charge in [0.15, 0.2) is 6.23 Å². The summed E-state index contributed by atoms with van der Waals surface area (Å²) in [4.78, 5) is 1.98.